The lowest BCUT2D eigenvalue weighted by Gasteiger charge is -2.60. The monoisotopic (exact) mass is 454 g/mol. The zero-order chi connectivity index (χ0) is 22.5. The Morgan fingerprint density at radius 1 is 1.23 bits per heavy atom. The molecule has 2 N–H and O–H groups in total. The van der Waals surface area contributed by atoms with Gasteiger partial charge in [-0.3, -0.25) is 14.1 Å². The Morgan fingerprint density at radius 3 is 2.61 bits per heavy atom. The number of allylic oxidation sites excluding steroid dienone is 4. The van der Waals surface area contributed by atoms with Crippen LogP contribution < -0.4 is 0 Å². The number of ketones is 2. The smallest absolute Gasteiger partial charge is 0.393 e. The van der Waals surface area contributed by atoms with Crippen LogP contribution in [0.5, 0.6) is 0 Å². The topological polar surface area (TPSA) is 118 Å². The van der Waals surface area contributed by atoms with Gasteiger partial charge in [-0.2, -0.15) is 8.42 Å². The first kappa shape index (κ1) is 21.4. The summed E-state index contributed by atoms with van der Waals surface area (Å²) >= 11 is 0. The first-order chi connectivity index (χ1) is 14.4. The summed E-state index contributed by atoms with van der Waals surface area (Å²) < 4.78 is 50.4. The first-order valence-electron chi connectivity index (χ1n) is 10.8. The second-order valence-corrected chi connectivity index (χ2v) is 11.6. The summed E-state index contributed by atoms with van der Waals surface area (Å²) in [5.74, 6) is -1.24. The molecule has 4 saturated carbocycles. The Morgan fingerprint density at radius 2 is 1.94 bits per heavy atom. The van der Waals surface area contributed by atoms with Crippen molar-refractivity contribution in [3.05, 3.63) is 23.8 Å². The van der Waals surface area contributed by atoms with Gasteiger partial charge in [0.05, 0.1) is 6.10 Å². The van der Waals surface area contributed by atoms with Crippen LogP contribution in [-0.2, 0) is 24.2 Å². The van der Waals surface area contributed by atoms with E-state index in [2.05, 4.69) is 4.18 Å². The number of alkyl halides is 1. The maximum Gasteiger partial charge on any atom is 0.397 e. The van der Waals surface area contributed by atoms with Crippen molar-refractivity contribution in [3.63, 3.8) is 0 Å². The lowest BCUT2D eigenvalue weighted by Crippen LogP contribution is -2.59. The second-order valence-electron chi connectivity index (χ2n) is 10.5. The van der Waals surface area contributed by atoms with E-state index in [-0.39, 0.29) is 41.8 Å². The molecule has 0 aromatic carbocycles. The highest BCUT2D eigenvalue weighted by Crippen LogP contribution is 2.75. The molecular weight excluding hydrogens is 427 g/mol. The van der Waals surface area contributed by atoms with Gasteiger partial charge in [0.2, 0.25) is 0 Å². The van der Waals surface area contributed by atoms with E-state index in [1.165, 1.54) is 12.2 Å². The van der Waals surface area contributed by atoms with Crippen molar-refractivity contribution in [1.82, 2.24) is 0 Å². The average Bonchev–Trinajstić information content (AvgIpc) is 3.34. The summed E-state index contributed by atoms with van der Waals surface area (Å²) in [6, 6.07) is 0. The second kappa shape index (κ2) is 6.56. The fourth-order valence-corrected chi connectivity index (χ4v) is 8.41. The SMILES string of the molecule is C[C@]12C=CC(=O)C=C1[C@@H](F)CC1C2[C@@H](O)C[C@@]2(C)C1[C@H]1C[C@H]1[C@@H]2C(=O)COS(=O)(=O)O. The number of aliphatic hydroxyl groups excluding tert-OH is 1. The number of carbonyl (C=O) groups is 2. The van der Waals surface area contributed by atoms with E-state index in [4.69, 9.17) is 4.55 Å². The molecule has 170 valence electrons. The summed E-state index contributed by atoms with van der Waals surface area (Å²) in [6.07, 6.45) is 3.84. The minimum atomic E-state index is -4.73. The molecule has 0 bridgehead atoms. The molecular formula is C22H27FO7S. The van der Waals surface area contributed by atoms with Crippen LogP contribution in [0.15, 0.2) is 23.8 Å². The van der Waals surface area contributed by atoms with Gasteiger partial charge in [0, 0.05) is 17.3 Å². The van der Waals surface area contributed by atoms with E-state index < -0.39 is 51.8 Å². The van der Waals surface area contributed by atoms with Crippen molar-refractivity contribution in [2.75, 3.05) is 6.61 Å². The van der Waals surface area contributed by atoms with Crippen molar-refractivity contribution in [1.29, 1.82) is 0 Å². The van der Waals surface area contributed by atoms with E-state index in [0.717, 1.165) is 6.42 Å². The van der Waals surface area contributed by atoms with Crippen molar-refractivity contribution in [2.24, 2.45) is 46.3 Å². The van der Waals surface area contributed by atoms with Crippen LogP contribution in [0.1, 0.15) is 33.1 Å². The van der Waals surface area contributed by atoms with E-state index >= 15 is 4.39 Å². The Hall–Kier alpha value is -1.42. The minimum absolute atomic E-state index is 0.0215. The third kappa shape index (κ3) is 3.03. The fourth-order valence-electron chi connectivity index (χ4n) is 8.15. The third-order valence-corrected chi connectivity index (χ3v) is 9.37. The minimum Gasteiger partial charge on any atom is -0.393 e. The van der Waals surface area contributed by atoms with Crippen LogP contribution in [0, 0.1) is 46.3 Å². The van der Waals surface area contributed by atoms with Crippen LogP contribution >= 0.6 is 0 Å². The number of Topliss-reactive ketones (excluding diaryl/α,β-unsaturated/α-hetero) is 1. The first-order valence-corrected chi connectivity index (χ1v) is 12.2. The van der Waals surface area contributed by atoms with Gasteiger partial charge < -0.3 is 5.11 Å². The predicted molar refractivity (Wildman–Crippen MR) is 107 cm³/mol. The van der Waals surface area contributed by atoms with E-state index in [0.29, 0.717) is 12.0 Å². The summed E-state index contributed by atoms with van der Waals surface area (Å²) in [6.45, 7) is 3.10. The number of halogens is 1. The van der Waals surface area contributed by atoms with E-state index in [9.17, 15) is 23.1 Å². The molecule has 3 unspecified atom stereocenters. The number of hydrogen-bond donors (Lipinski definition) is 2. The highest BCUT2D eigenvalue weighted by Gasteiger charge is 2.73. The zero-order valence-corrected chi connectivity index (χ0v) is 18.2. The normalized spacial score (nSPS) is 50.1. The summed E-state index contributed by atoms with van der Waals surface area (Å²) in [4.78, 5) is 24.8. The van der Waals surface area contributed by atoms with E-state index in [1.54, 1.807) is 6.08 Å². The molecule has 0 amide bonds. The number of aliphatic hydroxyl groups is 1. The number of carbonyl (C=O) groups excluding carboxylic acids is 2. The molecule has 31 heavy (non-hydrogen) atoms. The molecule has 0 saturated heterocycles. The van der Waals surface area contributed by atoms with Crippen molar-refractivity contribution in [3.8, 4) is 0 Å². The Labute approximate surface area is 180 Å². The van der Waals surface area contributed by atoms with Gasteiger partial charge in [0.15, 0.2) is 11.6 Å². The largest absolute Gasteiger partial charge is 0.397 e. The number of hydrogen-bond acceptors (Lipinski definition) is 6. The van der Waals surface area contributed by atoms with Gasteiger partial charge in [0.25, 0.3) is 0 Å². The quantitative estimate of drug-likeness (QED) is 0.625. The summed E-state index contributed by atoms with van der Waals surface area (Å²) in [5.41, 5.74) is -0.917. The van der Waals surface area contributed by atoms with E-state index in [1.807, 2.05) is 13.8 Å². The van der Waals surface area contributed by atoms with Crippen molar-refractivity contribution < 1.29 is 36.2 Å². The Kier molecular flexibility index (Phi) is 4.53. The zero-order valence-electron chi connectivity index (χ0n) is 17.4. The third-order valence-electron chi connectivity index (χ3n) is 8.96. The molecule has 0 aliphatic heterocycles. The van der Waals surface area contributed by atoms with Crippen molar-refractivity contribution in [2.45, 2.75) is 45.4 Å². The fraction of sp³-hybridized carbons (Fsp3) is 0.727. The molecule has 4 fully saturated rings. The summed E-state index contributed by atoms with van der Waals surface area (Å²) in [7, 11) is -4.73. The molecule has 0 aromatic rings. The Bertz CT molecular complexity index is 1020. The van der Waals surface area contributed by atoms with Crippen LogP contribution in [0.25, 0.3) is 0 Å². The molecule has 5 aliphatic carbocycles. The molecule has 5 rings (SSSR count). The average molecular weight is 455 g/mol. The highest BCUT2D eigenvalue weighted by molar-refractivity contribution is 7.80. The maximum absolute atomic E-state index is 15.3. The van der Waals surface area contributed by atoms with Gasteiger partial charge in [-0.25, -0.2) is 8.57 Å². The standard InChI is InChI=1S/C22H27FO7S/c1-21-4-3-10(24)5-14(21)15(23)7-13-18-11-6-12(11)19(17(26)9-30-31(27,28)29)22(18,2)8-16(25)20(13)21/h3-5,11-13,15-16,18-20,25H,6-9H2,1-2H3,(H,27,28,29)/t11-,12+,13?,15-,16-,18?,19+,20?,21-,22-/m0/s1. The molecule has 5 aliphatic rings. The lowest BCUT2D eigenvalue weighted by atomic mass is 9.45. The number of rotatable bonds is 4. The summed E-state index contributed by atoms with van der Waals surface area (Å²) in [5, 5.41) is 11.3. The number of fused-ring (bicyclic) bond motifs is 7. The highest BCUT2D eigenvalue weighted by atomic mass is 32.3. The molecule has 7 nitrogen and oxygen atoms in total. The Balaban J connectivity index is 1.49. The molecule has 0 aromatic heterocycles. The lowest BCUT2D eigenvalue weighted by molar-refractivity contribution is -0.149. The van der Waals surface area contributed by atoms with Gasteiger partial charge in [-0.1, -0.05) is 19.9 Å². The predicted octanol–water partition coefficient (Wildman–Crippen LogP) is 2.07. The van der Waals surface area contributed by atoms with Crippen LogP contribution in [0.4, 0.5) is 4.39 Å². The maximum atomic E-state index is 15.3. The van der Waals surface area contributed by atoms with Crippen LogP contribution in [-0.4, -0.2) is 48.5 Å². The van der Waals surface area contributed by atoms with Gasteiger partial charge in [-0.05, 0) is 66.1 Å². The molecule has 0 spiro atoms. The van der Waals surface area contributed by atoms with Crippen LogP contribution in [0.3, 0.4) is 0 Å². The molecule has 0 heterocycles. The molecule has 9 heteroatoms. The van der Waals surface area contributed by atoms with Crippen LogP contribution in [0.2, 0.25) is 0 Å². The van der Waals surface area contributed by atoms with Gasteiger partial charge in [0.1, 0.15) is 12.8 Å². The van der Waals surface area contributed by atoms with Crippen molar-refractivity contribution >= 4 is 22.0 Å². The van der Waals surface area contributed by atoms with Gasteiger partial charge in [-0.15, -0.1) is 0 Å². The molecule has 10 atom stereocenters. The van der Waals surface area contributed by atoms with Gasteiger partial charge >= 0.3 is 10.4 Å². The molecule has 0 radical (unpaired) electrons.